The predicted molar refractivity (Wildman–Crippen MR) is 204 cm³/mol. The predicted octanol–water partition coefficient (Wildman–Crippen LogP) is 7.64. The SMILES string of the molecule is CCOc1ccc(Cc2cc([C@]3(OC)OC(CO)(CO)[C@@H](OCc4ccccc4)[C@H](OCc4ccccc4)[C@H]3OCc3ccccc3)ccc2Cl)cc1. The van der Waals surface area contributed by atoms with Gasteiger partial charge in [0.25, 0.3) is 0 Å². The Labute approximate surface area is 316 Å². The molecule has 0 radical (unpaired) electrons. The van der Waals surface area contributed by atoms with Gasteiger partial charge in [0.15, 0.2) is 0 Å². The van der Waals surface area contributed by atoms with Crippen LogP contribution in [-0.4, -0.2) is 61.1 Å². The zero-order valence-corrected chi connectivity index (χ0v) is 30.9. The number of benzene rings is 5. The number of hydrogen-bond donors (Lipinski definition) is 2. The summed E-state index contributed by atoms with van der Waals surface area (Å²) in [5.74, 6) is -0.912. The van der Waals surface area contributed by atoms with Gasteiger partial charge >= 0.3 is 0 Å². The molecule has 278 valence electrons. The number of aliphatic hydroxyl groups is 2. The molecule has 8 nitrogen and oxygen atoms in total. The zero-order chi connectivity index (χ0) is 37.1. The van der Waals surface area contributed by atoms with E-state index in [1.807, 2.05) is 134 Å². The molecule has 1 aliphatic heterocycles. The van der Waals surface area contributed by atoms with Gasteiger partial charge in [-0.25, -0.2) is 0 Å². The minimum atomic E-state index is -1.70. The molecule has 0 unspecified atom stereocenters. The molecular weight excluding hydrogens is 692 g/mol. The first-order valence-electron chi connectivity index (χ1n) is 17.9. The first-order chi connectivity index (χ1) is 25.9. The third kappa shape index (κ3) is 9.00. The van der Waals surface area contributed by atoms with Gasteiger partial charge in [0.05, 0.1) is 39.6 Å². The second-order valence-corrected chi connectivity index (χ2v) is 13.5. The summed E-state index contributed by atoms with van der Waals surface area (Å²) in [4.78, 5) is 0. The average molecular weight is 739 g/mol. The van der Waals surface area contributed by atoms with Gasteiger partial charge < -0.3 is 38.6 Å². The van der Waals surface area contributed by atoms with Gasteiger partial charge in [-0.2, -0.15) is 0 Å². The van der Waals surface area contributed by atoms with Crippen LogP contribution in [0.5, 0.6) is 5.75 Å². The molecule has 0 aliphatic carbocycles. The van der Waals surface area contributed by atoms with Crippen molar-refractivity contribution in [1.29, 1.82) is 0 Å². The van der Waals surface area contributed by atoms with Crippen LogP contribution in [0.1, 0.15) is 40.3 Å². The molecule has 1 saturated heterocycles. The maximum atomic E-state index is 11.2. The van der Waals surface area contributed by atoms with E-state index < -0.39 is 42.9 Å². The van der Waals surface area contributed by atoms with Crippen molar-refractivity contribution in [3.05, 3.63) is 172 Å². The lowest BCUT2D eigenvalue weighted by Crippen LogP contribution is -2.72. The lowest BCUT2D eigenvalue weighted by atomic mass is 9.80. The minimum Gasteiger partial charge on any atom is -0.494 e. The van der Waals surface area contributed by atoms with E-state index in [0.717, 1.165) is 33.6 Å². The summed E-state index contributed by atoms with van der Waals surface area (Å²) in [5, 5.41) is 22.9. The summed E-state index contributed by atoms with van der Waals surface area (Å²) < 4.78 is 39.3. The Morgan fingerprint density at radius 1 is 0.642 bits per heavy atom. The molecule has 1 fully saturated rings. The van der Waals surface area contributed by atoms with E-state index in [2.05, 4.69) is 0 Å². The summed E-state index contributed by atoms with van der Waals surface area (Å²) in [6.07, 6.45) is -2.37. The zero-order valence-electron chi connectivity index (χ0n) is 30.1. The van der Waals surface area contributed by atoms with E-state index in [1.165, 1.54) is 7.11 Å². The first-order valence-corrected chi connectivity index (χ1v) is 18.3. The third-order valence-corrected chi connectivity index (χ3v) is 9.96. The molecule has 1 heterocycles. The molecule has 5 aromatic carbocycles. The summed E-state index contributed by atoms with van der Waals surface area (Å²) in [5.41, 5.74) is 3.48. The molecule has 0 amide bonds. The number of ether oxygens (including phenoxy) is 6. The molecule has 2 N–H and O–H groups in total. The van der Waals surface area contributed by atoms with Crippen molar-refractivity contribution in [3.8, 4) is 5.75 Å². The van der Waals surface area contributed by atoms with Gasteiger partial charge in [0.2, 0.25) is 5.79 Å². The molecule has 0 spiro atoms. The standard InChI is InChI=1S/C44H47ClO8/c1-3-49-38-22-19-32(20-23-38)25-36-26-37(21-24-39(36)45)44(48-2)42(52-29-35-17-11-6-12-18-35)40(50-27-33-13-7-4-8-14-33)41(43(30-46,31-47)53-44)51-28-34-15-9-5-10-16-34/h4-24,26,40-42,46-47H,3,25,27-31H2,1-2H3/t40-,41-,42+,44-/m0/s1. The second-order valence-electron chi connectivity index (χ2n) is 13.1. The number of aliphatic hydroxyl groups excluding tert-OH is 2. The number of methoxy groups -OCH3 is 1. The Morgan fingerprint density at radius 2 is 1.17 bits per heavy atom. The topological polar surface area (TPSA) is 95.8 Å². The van der Waals surface area contributed by atoms with Gasteiger partial charge in [0, 0.05) is 17.7 Å². The van der Waals surface area contributed by atoms with Crippen LogP contribution in [0.15, 0.2) is 133 Å². The lowest BCUT2D eigenvalue weighted by molar-refractivity contribution is -0.417. The van der Waals surface area contributed by atoms with Crippen molar-refractivity contribution in [3.63, 3.8) is 0 Å². The highest BCUT2D eigenvalue weighted by Crippen LogP contribution is 2.48. The molecule has 4 atom stereocenters. The highest BCUT2D eigenvalue weighted by atomic mass is 35.5. The van der Waals surface area contributed by atoms with Crippen LogP contribution in [-0.2, 0) is 55.7 Å². The Morgan fingerprint density at radius 3 is 1.68 bits per heavy atom. The first kappa shape index (κ1) is 38.6. The smallest absolute Gasteiger partial charge is 0.225 e. The van der Waals surface area contributed by atoms with Crippen LogP contribution in [0.2, 0.25) is 5.02 Å². The van der Waals surface area contributed by atoms with Gasteiger partial charge in [-0.3, -0.25) is 0 Å². The molecular formula is C44H47ClO8. The number of rotatable bonds is 17. The van der Waals surface area contributed by atoms with E-state index >= 15 is 0 Å². The van der Waals surface area contributed by atoms with Crippen LogP contribution in [0.3, 0.4) is 0 Å². The molecule has 6 rings (SSSR count). The van der Waals surface area contributed by atoms with Gasteiger partial charge in [-0.15, -0.1) is 0 Å². The Balaban J connectivity index is 1.46. The van der Waals surface area contributed by atoms with Crippen LogP contribution < -0.4 is 4.74 Å². The van der Waals surface area contributed by atoms with Gasteiger partial charge in [0.1, 0.15) is 29.7 Å². The summed E-state index contributed by atoms with van der Waals surface area (Å²) in [7, 11) is 1.53. The van der Waals surface area contributed by atoms with Crippen molar-refractivity contribution in [1.82, 2.24) is 0 Å². The fourth-order valence-corrected chi connectivity index (χ4v) is 7.00. The average Bonchev–Trinajstić information content (AvgIpc) is 3.21. The lowest BCUT2D eigenvalue weighted by Gasteiger charge is -2.56. The van der Waals surface area contributed by atoms with E-state index in [1.54, 1.807) is 6.07 Å². The molecule has 1 aliphatic rings. The van der Waals surface area contributed by atoms with Crippen LogP contribution in [0, 0.1) is 0 Å². The molecule has 0 aromatic heterocycles. The van der Waals surface area contributed by atoms with Crippen molar-refractivity contribution >= 4 is 11.6 Å². The Bertz CT molecular complexity index is 1840. The normalized spacial score (nSPS) is 21.0. The van der Waals surface area contributed by atoms with E-state index in [-0.39, 0.29) is 19.8 Å². The number of halogens is 1. The Kier molecular flexibility index (Phi) is 13.3. The summed E-state index contributed by atoms with van der Waals surface area (Å²) >= 11 is 6.85. The van der Waals surface area contributed by atoms with Crippen molar-refractivity contribution in [2.45, 2.75) is 62.9 Å². The number of hydrogen-bond acceptors (Lipinski definition) is 8. The molecule has 53 heavy (non-hydrogen) atoms. The highest BCUT2D eigenvalue weighted by molar-refractivity contribution is 6.31. The fourth-order valence-electron chi connectivity index (χ4n) is 6.82. The second kappa shape index (κ2) is 18.3. The maximum absolute atomic E-state index is 11.2. The third-order valence-electron chi connectivity index (χ3n) is 9.59. The van der Waals surface area contributed by atoms with Gasteiger partial charge in [-0.05, 0) is 65.4 Å². The summed E-state index contributed by atoms with van der Waals surface area (Å²) in [6, 6.07) is 42.7. The van der Waals surface area contributed by atoms with E-state index in [4.69, 9.17) is 40.0 Å². The molecule has 0 saturated carbocycles. The van der Waals surface area contributed by atoms with Crippen molar-refractivity contribution in [2.75, 3.05) is 26.9 Å². The van der Waals surface area contributed by atoms with Crippen LogP contribution in [0.4, 0.5) is 0 Å². The van der Waals surface area contributed by atoms with E-state index in [9.17, 15) is 10.2 Å². The fraction of sp³-hybridized carbons (Fsp3) is 0.318. The van der Waals surface area contributed by atoms with Crippen molar-refractivity contribution in [2.24, 2.45) is 0 Å². The van der Waals surface area contributed by atoms with E-state index in [0.29, 0.717) is 23.6 Å². The molecule has 9 heteroatoms. The maximum Gasteiger partial charge on any atom is 0.225 e. The largest absolute Gasteiger partial charge is 0.494 e. The monoisotopic (exact) mass is 738 g/mol. The highest BCUT2D eigenvalue weighted by Gasteiger charge is 2.64. The Hall–Kier alpha value is -4.09. The quantitative estimate of drug-likeness (QED) is 0.101. The molecule has 0 bridgehead atoms. The van der Waals surface area contributed by atoms with Crippen LogP contribution in [0.25, 0.3) is 0 Å². The molecule has 5 aromatic rings. The van der Waals surface area contributed by atoms with Gasteiger partial charge in [-0.1, -0.05) is 121 Å². The van der Waals surface area contributed by atoms with Crippen LogP contribution >= 0.6 is 11.6 Å². The summed E-state index contributed by atoms with van der Waals surface area (Å²) in [6.45, 7) is 1.88. The van der Waals surface area contributed by atoms with Crippen molar-refractivity contribution < 1.29 is 38.6 Å². The minimum absolute atomic E-state index is 0.167.